The average Bonchev–Trinajstić information content (AvgIpc) is 3.51. The molecule has 0 fully saturated rings. The first-order chi connectivity index (χ1) is 41.6. The van der Waals surface area contributed by atoms with Crippen molar-refractivity contribution < 1.29 is 24.2 Å². The fraction of sp³-hybridized carbons (Fsp3) is 0.620. The molecule has 0 radical (unpaired) electrons. The summed E-state index contributed by atoms with van der Waals surface area (Å²) in [5, 5.41) is 9.69. The van der Waals surface area contributed by atoms with Crippen LogP contribution in [0.2, 0.25) is 0 Å². The molecule has 5 nitrogen and oxygen atoms in total. The van der Waals surface area contributed by atoms with E-state index in [0.29, 0.717) is 12.8 Å². The molecule has 0 spiro atoms. The maximum absolute atomic E-state index is 12.3. The zero-order valence-corrected chi connectivity index (χ0v) is 54.4. The maximum Gasteiger partial charge on any atom is 0.306 e. The minimum atomic E-state index is -0.808. The molecule has 0 rings (SSSR count). The van der Waals surface area contributed by atoms with E-state index in [1.165, 1.54) is 141 Å². The van der Waals surface area contributed by atoms with Crippen molar-refractivity contribution in [1.29, 1.82) is 0 Å². The predicted octanol–water partition coefficient (Wildman–Crippen LogP) is 24.4. The summed E-state index contributed by atoms with van der Waals surface area (Å²) in [7, 11) is 0. The zero-order chi connectivity index (χ0) is 60.5. The Labute approximate surface area is 519 Å². The Bertz CT molecular complexity index is 1840. The summed E-state index contributed by atoms with van der Waals surface area (Å²) in [6.45, 7) is 3.89. The third-order valence-corrected chi connectivity index (χ3v) is 14.5. The number of aliphatic hydroxyl groups is 1. The van der Waals surface area contributed by atoms with Gasteiger partial charge in [0.15, 0.2) is 6.10 Å². The number of hydrogen-bond acceptors (Lipinski definition) is 5. The van der Waals surface area contributed by atoms with Crippen molar-refractivity contribution in [3.63, 3.8) is 0 Å². The van der Waals surface area contributed by atoms with Crippen LogP contribution < -0.4 is 0 Å². The first-order valence-electron chi connectivity index (χ1n) is 34.7. The lowest BCUT2D eigenvalue weighted by Crippen LogP contribution is -2.28. The van der Waals surface area contributed by atoms with Crippen LogP contribution in [0.15, 0.2) is 170 Å². The van der Waals surface area contributed by atoms with Crippen molar-refractivity contribution in [2.75, 3.05) is 13.2 Å². The fourth-order valence-corrected chi connectivity index (χ4v) is 9.40. The highest BCUT2D eigenvalue weighted by atomic mass is 16.6. The number of carbonyl (C=O) groups excluding carboxylic acids is 2. The lowest BCUT2D eigenvalue weighted by atomic mass is 10.0. The molecule has 0 aromatic rings. The standard InChI is InChI=1S/C79H128O5/c1-3-5-7-9-11-13-15-17-19-21-23-25-27-29-31-33-35-37-38-39-40-42-43-45-47-49-51-53-55-57-59-61-63-65-67-69-71-73-78(81)83-76-77(75-80)84-79(82)74-72-70-68-66-64-62-60-58-56-54-52-50-48-46-44-41-36-34-32-30-28-26-24-22-20-18-16-14-12-10-8-6-4-2/h5-8,11-14,17-20,23-26,30,32,36,41,46,48,52,54,58,60,64,66,77,80H,3-4,9-10,15-16,21-22,27-29,31,33-35,37-40,42-45,47,49-51,53,55-57,59,61-63,65,67-76H2,1-2H3/b7-5-,8-6-,13-11-,14-12-,19-17-,20-18-,25-23-,26-24-,32-30-,41-36-,48-46-,54-52-,60-58-,66-64-. The van der Waals surface area contributed by atoms with Gasteiger partial charge in [0.2, 0.25) is 0 Å². The van der Waals surface area contributed by atoms with Gasteiger partial charge in [-0.05, 0) is 128 Å². The number of carbonyl (C=O) groups is 2. The van der Waals surface area contributed by atoms with E-state index in [2.05, 4.69) is 184 Å². The van der Waals surface area contributed by atoms with Crippen molar-refractivity contribution in [1.82, 2.24) is 0 Å². The molecule has 0 aromatic carbocycles. The van der Waals surface area contributed by atoms with E-state index in [9.17, 15) is 14.7 Å². The van der Waals surface area contributed by atoms with Crippen LogP contribution in [-0.4, -0.2) is 36.4 Å². The third kappa shape index (κ3) is 69.8. The van der Waals surface area contributed by atoms with Gasteiger partial charge in [0.25, 0.3) is 0 Å². The Balaban J connectivity index is 3.56. The van der Waals surface area contributed by atoms with E-state index in [0.717, 1.165) is 128 Å². The molecule has 0 amide bonds. The van der Waals surface area contributed by atoms with Crippen LogP contribution in [-0.2, 0) is 19.1 Å². The van der Waals surface area contributed by atoms with Crippen molar-refractivity contribution in [2.24, 2.45) is 0 Å². The number of hydrogen-bond donors (Lipinski definition) is 1. The van der Waals surface area contributed by atoms with Crippen LogP contribution in [0.25, 0.3) is 0 Å². The number of rotatable bonds is 62. The highest BCUT2D eigenvalue weighted by Gasteiger charge is 2.16. The summed E-state index contributed by atoms with van der Waals surface area (Å²) in [5.74, 6) is -0.643. The molecule has 84 heavy (non-hydrogen) atoms. The third-order valence-electron chi connectivity index (χ3n) is 14.5. The quantitative estimate of drug-likeness (QED) is 0.0373. The Morgan fingerprint density at radius 2 is 0.476 bits per heavy atom. The summed E-state index contributed by atoms with van der Waals surface area (Å²) in [6, 6.07) is 0. The first-order valence-corrected chi connectivity index (χ1v) is 34.7. The second-order valence-corrected chi connectivity index (χ2v) is 22.5. The lowest BCUT2D eigenvalue weighted by molar-refractivity contribution is -0.161. The molecule has 0 heterocycles. The Kier molecular flexibility index (Phi) is 68.4. The van der Waals surface area contributed by atoms with Crippen molar-refractivity contribution in [2.45, 2.75) is 302 Å². The predicted molar refractivity (Wildman–Crippen MR) is 370 cm³/mol. The molecule has 0 aliphatic carbocycles. The van der Waals surface area contributed by atoms with Gasteiger partial charge < -0.3 is 14.6 Å². The smallest absolute Gasteiger partial charge is 0.306 e. The summed E-state index contributed by atoms with van der Waals surface area (Å²) < 4.78 is 10.7. The number of unbranched alkanes of at least 4 members (excludes halogenated alkanes) is 26. The molecule has 0 aromatic heterocycles. The van der Waals surface area contributed by atoms with Gasteiger partial charge in [0, 0.05) is 12.8 Å². The highest BCUT2D eigenvalue weighted by molar-refractivity contribution is 5.70. The summed E-state index contributed by atoms with van der Waals surface area (Å²) in [5.41, 5.74) is 0. The largest absolute Gasteiger partial charge is 0.462 e. The molecule has 5 heteroatoms. The van der Waals surface area contributed by atoms with Gasteiger partial charge in [0.05, 0.1) is 6.61 Å². The molecule has 0 saturated heterocycles. The number of allylic oxidation sites excluding steroid dienone is 28. The molecular formula is C79H128O5. The Morgan fingerprint density at radius 3 is 0.738 bits per heavy atom. The van der Waals surface area contributed by atoms with E-state index in [-0.39, 0.29) is 25.2 Å². The van der Waals surface area contributed by atoms with E-state index in [1.807, 2.05) is 0 Å². The number of aliphatic hydroxyl groups excluding tert-OH is 1. The monoisotopic (exact) mass is 1160 g/mol. The van der Waals surface area contributed by atoms with E-state index in [4.69, 9.17) is 9.47 Å². The van der Waals surface area contributed by atoms with E-state index in [1.54, 1.807) is 0 Å². The molecule has 0 saturated carbocycles. The molecule has 1 atom stereocenters. The van der Waals surface area contributed by atoms with Crippen LogP contribution >= 0.6 is 0 Å². The SMILES string of the molecule is CC/C=C\C/C=C\C/C=C\C/C=C\C/C=C\C/C=C\C/C=C\C/C=C\C/C=C\C/C=C\CCCCC(=O)OC(CO)COC(=O)CCCCCCCCCCCCCCCCCCCCCCCCCC/C=C\C/C=C\C/C=C\C/C=C\CC. The van der Waals surface area contributed by atoms with Crippen LogP contribution in [0, 0.1) is 0 Å². The molecule has 1 N–H and O–H groups in total. The van der Waals surface area contributed by atoms with Gasteiger partial charge in [-0.2, -0.15) is 0 Å². The van der Waals surface area contributed by atoms with Crippen LogP contribution in [0.3, 0.4) is 0 Å². The molecule has 0 bridgehead atoms. The van der Waals surface area contributed by atoms with Crippen molar-refractivity contribution in [3.8, 4) is 0 Å². The molecule has 0 aliphatic heterocycles. The summed E-state index contributed by atoms with van der Waals surface area (Å²) in [6.07, 6.45) is 112. The first kappa shape index (κ1) is 79.3. The maximum atomic E-state index is 12.3. The molecular weight excluding hydrogens is 1030 g/mol. The van der Waals surface area contributed by atoms with Crippen molar-refractivity contribution >= 4 is 11.9 Å². The van der Waals surface area contributed by atoms with Gasteiger partial charge in [-0.15, -0.1) is 0 Å². The van der Waals surface area contributed by atoms with E-state index >= 15 is 0 Å². The minimum Gasteiger partial charge on any atom is -0.462 e. The lowest BCUT2D eigenvalue weighted by Gasteiger charge is -2.15. The summed E-state index contributed by atoms with van der Waals surface area (Å²) in [4.78, 5) is 24.6. The van der Waals surface area contributed by atoms with Crippen LogP contribution in [0.4, 0.5) is 0 Å². The van der Waals surface area contributed by atoms with Crippen LogP contribution in [0.5, 0.6) is 0 Å². The van der Waals surface area contributed by atoms with Gasteiger partial charge in [-0.3, -0.25) is 9.59 Å². The molecule has 1 unspecified atom stereocenters. The van der Waals surface area contributed by atoms with Crippen molar-refractivity contribution in [3.05, 3.63) is 170 Å². The Morgan fingerprint density at radius 1 is 0.274 bits per heavy atom. The van der Waals surface area contributed by atoms with E-state index < -0.39 is 6.10 Å². The second kappa shape index (κ2) is 72.5. The molecule has 474 valence electrons. The minimum absolute atomic E-state index is 0.0910. The topological polar surface area (TPSA) is 72.8 Å². The van der Waals surface area contributed by atoms with Crippen LogP contribution in [0.1, 0.15) is 296 Å². The van der Waals surface area contributed by atoms with Gasteiger partial charge >= 0.3 is 11.9 Å². The number of esters is 2. The molecule has 0 aliphatic rings. The second-order valence-electron chi connectivity index (χ2n) is 22.5. The summed E-state index contributed by atoms with van der Waals surface area (Å²) >= 11 is 0. The fourth-order valence-electron chi connectivity index (χ4n) is 9.40. The highest BCUT2D eigenvalue weighted by Crippen LogP contribution is 2.17. The Hall–Kier alpha value is -4.74. The average molecular weight is 1160 g/mol. The number of ether oxygens (including phenoxy) is 2. The zero-order valence-electron chi connectivity index (χ0n) is 54.4. The van der Waals surface area contributed by atoms with Gasteiger partial charge in [-0.25, -0.2) is 0 Å². The normalized spacial score (nSPS) is 13.3. The van der Waals surface area contributed by atoms with Gasteiger partial charge in [0.1, 0.15) is 6.61 Å². The van der Waals surface area contributed by atoms with Gasteiger partial charge in [-0.1, -0.05) is 325 Å².